The number of nitro groups is 1. The summed E-state index contributed by atoms with van der Waals surface area (Å²) < 4.78 is 0.870. The van der Waals surface area contributed by atoms with Crippen molar-refractivity contribution in [2.75, 3.05) is 0 Å². The van der Waals surface area contributed by atoms with E-state index >= 15 is 0 Å². The van der Waals surface area contributed by atoms with E-state index in [9.17, 15) is 20.0 Å². The van der Waals surface area contributed by atoms with Crippen molar-refractivity contribution in [2.24, 2.45) is 5.10 Å². The molecule has 29 heavy (non-hydrogen) atoms. The van der Waals surface area contributed by atoms with Gasteiger partial charge >= 0.3 is 0 Å². The van der Waals surface area contributed by atoms with Crippen LogP contribution in [-0.4, -0.2) is 22.2 Å². The Balaban J connectivity index is 1.64. The largest absolute Gasteiger partial charge is 0.507 e. The topological polar surface area (TPSA) is 105 Å². The average Bonchev–Trinajstić information content (AvgIpc) is 3.06. The summed E-state index contributed by atoms with van der Waals surface area (Å²) in [5, 5.41) is 27.4. The lowest BCUT2D eigenvalue weighted by atomic mass is 10.0. The SMILES string of the molecule is O=C(N/N=C/c1cc([N+](=O)[O-])c2ccccc2c1O)c1sc2ccccc2c1Cl. The number of benzene rings is 3. The summed E-state index contributed by atoms with van der Waals surface area (Å²) in [5.74, 6) is -0.675. The van der Waals surface area contributed by atoms with Crippen molar-refractivity contribution >= 4 is 61.6 Å². The quantitative estimate of drug-likeness (QED) is 0.270. The molecule has 7 nitrogen and oxygen atoms in total. The summed E-state index contributed by atoms with van der Waals surface area (Å²) in [6, 6.07) is 15.0. The van der Waals surface area contributed by atoms with Gasteiger partial charge in [-0.25, -0.2) is 5.43 Å². The van der Waals surface area contributed by atoms with E-state index in [1.807, 2.05) is 24.3 Å². The molecule has 4 rings (SSSR count). The third kappa shape index (κ3) is 3.39. The van der Waals surface area contributed by atoms with E-state index < -0.39 is 10.8 Å². The summed E-state index contributed by atoms with van der Waals surface area (Å²) in [6.07, 6.45) is 1.16. The van der Waals surface area contributed by atoms with Crippen molar-refractivity contribution in [3.8, 4) is 5.75 Å². The number of thiophene rings is 1. The zero-order chi connectivity index (χ0) is 20.5. The summed E-state index contributed by atoms with van der Waals surface area (Å²) in [6.45, 7) is 0. The van der Waals surface area contributed by atoms with Crippen LogP contribution in [0.4, 0.5) is 5.69 Å². The van der Waals surface area contributed by atoms with Crippen molar-refractivity contribution in [3.05, 3.63) is 80.2 Å². The molecular weight excluding hydrogens is 414 g/mol. The number of halogens is 1. The number of hydrogen-bond donors (Lipinski definition) is 2. The summed E-state index contributed by atoms with van der Waals surface area (Å²) in [5.41, 5.74) is 2.29. The van der Waals surface area contributed by atoms with Crippen LogP contribution in [0.2, 0.25) is 5.02 Å². The first kappa shape index (κ1) is 18.9. The lowest BCUT2D eigenvalue weighted by Gasteiger charge is -2.05. The van der Waals surface area contributed by atoms with Crippen molar-refractivity contribution in [3.63, 3.8) is 0 Å². The van der Waals surface area contributed by atoms with E-state index in [0.717, 1.165) is 16.3 Å². The number of carbonyl (C=O) groups excluding carboxylic acids is 1. The Morgan fingerprint density at radius 3 is 2.48 bits per heavy atom. The molecule has 4 aromatic rings. The number of phenolic OH excluding ortho intramolecular Hbond substituents is 1. The molecule has 0 aliphatic rings. The Bertz CT molecular complexity index is 1320. The van der Waals surface area contributed by atoms with E-state index in [4.69, 9.17) is 11.6 Å². The first-order valence-electron chi connectivity index (χ1n) is 8.37. The monoisotopic (exact) mass is 425 g/mol. The number of amides is 1. The molecule has 144 valence electrons. The molecule has 0 fully saturated rings. The number of phenols is 1. The second-order valence-corrected chi connectivity index (χ2v) is 7.51. The highest BCUT2D eigenvalue weighted by Crippen LogP contribution is 2.36. The average molecular weight is 426 g/mol. The van der Waals surface area contributed by atoms with E-state index in [0.29, 0.717) is 20.7 Å². The lowest BCUT2D eigenvalue weighted by Crippen LogP contribution is -2.16. The normalized spacial score (nSPS) is 11.3. The zero-order valence-corrected chi connectivity index (χ0v) is 16.2. The van der Waals surface area contributed by atoms with Gasteiger partial charge in [0.25, 0.3) is 11.6 Å². The number of nitrogens with zero attached hydrogens (tertiary/aromatic N) is 2. The van der Waals surface area contributed by atoms with E-state index in [-0.39, 0.29) is 17.0 Å². The van der Waals surface area contributed by atoms with Gasteiger partial charge in [-0.15, -0.1) is 11.3 Å². The predicted molar refractivity (Wildman–Crippen MR) is 114 cm³/mol. The van der Waals surface area contributed by atoms with Gasteiger partial charge in [-0.3, -0.25) is 14.9 Å². The van der Waals surface area contributed by atoms with Crippen LogP contribution in [0.3, 0.4) is 0 Å². The Morgan fingerprint density at radius 1 is 1.14 bits per heavy atom. The number of hydrogen-bond acceptors (Lipinski definition) is 6. The molecule has 0 atom stereocenters. The minimum absolute atomic E-state index is 0.109. The first-order valence-corrected chi connectivity index (χ1v) is 9.56. The molecule has 3 aromatic carbocycles. The maximum atomic E-state index is 12.4. The number of aromatic hydroxyl groups is 1. The molecule has 1 heterocycles. The van der Waals surface area contributed by atoms with Gasteiger partial charge in [0.2, 0.25) is 0 Å². The number of nitrogens with one attached hydrogen (secondary N) is 1. The van der Waals surface area contributed by atoms with Gasteiger partial charge in [-0.05, 0) is 12.1 Å². The van der Waals surface area contributed by atoms with E-state index in [1.165, 1.54) is 17.4 Å². The van der Waals surface area contributed by atoms with Crippen LogP contribution in [-0.2, 0) is 0 Å². The smallest absolute Gasteiger partial charge is 0.283 e. The summed E-state index contributed by atoms with van der Waals surface area (Å²) in [4.78, 5) is 23.6. The van der Waals surface area contributed by atoms with Gasteiger partial charge in [0, 0.05) is 27.1 Å². The molecule has 0 aliphatic heterocycles. The standard InChI is InChI=1S/C20H12ClN3O4S/c21-17-14-7-3-4-8-16(14)29-19(17)20(26)23-22-10-11-9-15(24(27)28)12-5-1-2-6-13(12)18(11)25/h1-10,25H,(H,23,26)/b22-10+. The maximum absolute atomic E-state index is 12.4. The van der Waals surface area contributed by atoms with Crippen LogP contribution in [0.1, 0.15) is 15.2 Å². The van der Waals surface area contributed by atoms with Crippen LogP contribution >= 0.6 is 22.9 Å². The van der Waals surface area contributed by atoms with Gasteiger partial charge < -0.3 is 5.11 Å². The number of nitro benzene ring substituents is 1. The number of carbonyl (C=O) groups is 1. The Morgan fingerprint density at radius 2 is 1.79 bits per heavy atom. The third-order valence-electron chi connectivity index (χ3n) is 4.33. The van der Waals surface area contributed by atoms with E-state index in [1.54, 1.807) is 24.3 Å². The molecule has 0 saturated heterocycles. The molecule has 1 amide bonds. The van der Waals surface area contributed by atoms with Gasteiger partial charge in [0.05, 0.1) is 21.5 Å². The van der Waals surface area contributed by atoms with Crippen LogP contribution < -0.4 is 5.43 Å². The molecule has 0 radical (unpaired) electrons. The molecule has 0 spiro atoms. The van der Waals surface area contributed by atoms with Gasteiger partial charge in [0.1, 0.15) is 10.6 Å². The van der Waals surface area contributed by atoms with Gasteiger partial charge in [0.15, 0.2) is 0 Å². The molecule has 0 unspecified atom stereocenters. The first-order chi connectivity index (χ1) is 14.0. The van der Waals surface area contributed by atoms with Crippen molar-refractivity contribution in [1.82, 2.24) is 5.43 Å². The number of non-ortho nitro benzene ring substituents is 1. The van der Waals surface area contributed by atoms with Crippen LogP contribution in [0, 0.1) is 10.1 Å². The van der Waals surface area contributed by atoms with Gasteiger partial charge in [-0.1, -0.05) is 48.0 Å². The van der Waals surface area contributed by atoms with Crippen molar-refractivity contribution < 1.29 is 14.8 Å². The molecule has 1 aromatic heterocycles. The van der Waals surface area contributed by atoms with Crippen molar-refractivity contribution in [2.45, 2.75) is 0 Å². The molecule has 9 heteroatoms. The lowest BCUT2D eigenvalue weighted by molar-refractivity contribution is -0.383. The van der Waals surface area contributed by atoms with Crippen LogP contribution in [0.15, 0.2) is 59.7 Å². The minimum Gasteiger partial charge on any atom is -0.507 e. The minimum atomic E-state index is -0.533. The molecule has 0 bridgehead atoms. The van der Waals surface area contributed by atoms with Crippen molar-refractivity contribution in [1.29, 1.82) is 0 Å². The predicted octanol–water partition coefficient (Wildman–Crippen LogP) is 5.09. The third-order valence-corrected chi connectivity index (χ3v) is 6.01. The van der Waals surface area contributed by atoms with Gasteiger partial charge in [-0.2, -0.15) is 5.10 Å². The Hall–Kier alpha value is -3.49. The number of rotatable bonds is 4. The second-order valence-electron chi connectivity index (χ2n) is 6.08. The summed E-state index contributed by atoms with van der Waals surface area (Å²) in [7, 11) is 0. The fourth-order valence-electron chi connectivity index (χ4n) is 2.98. The highest BCUT2D eigenvalue weighted by atomic mass is 35.5. The molecular formula is C20H12ClN3O4S. The molecule has 0 saturated carbocycles. The highest BCUT2D eigenvalue weighted by Gasteiger charge is 2.18. The maximum Gasteiger partial charge on any atom is 0.283 e. The highest BCUT2D eigenvalue weighted by molar-refractivity contribution is 7.21. The van der Waals surface area contributed by atoms with Crippen LogP contribution in [0.5, 0.6) is 5.75 Å². The zero-order valence-electron chi connectivity index (χ0n) is 14.6. The number of hydrazone groups is 1. The fraction of sp³-hybridized carbons (Fsp3) is 0. The van der Waals surface area contributed by atoms with E-state index in [2.05, 4.69) is 10.5 Å². The van der Waals surface area contributed by atoms with Crippen LogP contribution in [0.25, 0.3) is 20.9 Å². The molecule has 2 N–H and O–H groups in total. The summed E-state index contributed by atoms with van der Waals surface area (Å²) >= 11 is 7.51. The number of fused-ring (bicyclic) bond motifs is 2. The fourth-order valence-corrected chi connectivity index (χ4v) is 4.39. The Labute approximate surface area is 173 Å². The Kier molecular flexibility index (Phi) is 4.87. The second kappa shape index (κ2) is 7.50. The molecule has 0 aliphatic carbocycles.